The molecule has 1 unspecified atom stereocenters. The minimum absolute atomic E-state index is 0.0534. The molecule has 1 N–H and O–H groups in total. The third kappa shape index (κ3) is 5.30. The van der Waals surface area contributed by atoms with Crippen molar-refractivity contribution in [1.29, 1.82) is 0 Å². The van der Waals surface area contributed by atoms with Gasteiger partial charge >= 0.3 is 5.91 Å². The highest BCUT2D eigenvalue weighted by Crippen LogP contribution is 2.44. The quantitative estimate of drug-likeness (QED) is 0.0703. The summed E-state index contributed by atoms with van der Waals surface area (Å²) >= 11 is 2.74. The molecule has 2 aromatic carbocycles. The topological polar surface area (TPSA) is 110 Å². The minimum Gasteiger partial charge on any atom is -0.505 e. The average molecular weight is 612 g/mol. The van der Waals surface area contributed by atoms with Crippen LogP contribution in [0.5, 0.6) is 5.75 Å². The van der Waals surface area contributed by atoms with Crippen LogP contribution in [0.25, 0.3) is 11.4 Å². The largest absolute Gasteiger partial charge is 0.505 e. The summed E-state index contributed by atoms with van der Waals surface area (Å²) in [7, 11) is 0. The van der Waals surface area contributed by atoms with E-state index >= 15 is 0 Å². The zero-order valence-corrected chi connectivity index (χ0v) is 25.7. The number of amides is 1. The standard InChI is InChI=1S/C32H29N5O4S2/c1-5-41-23-14-12-22(13-15-23)26-24(27(38)25-20(4)36-16-6-7-19(3)29(36)33-25)28(39)30(40)37(26)31-34-35-32(43-31)42-17-21-10-8-18(2)9-11-21/h6-16,26,38H,5,17H2,1-4H3. The highest BCUT2D eigenvalue weighted by atomic mass is 32.2. The second-order valence-electron chi connectivity index (χ2n) is 10.2. The van der Waals surface area contributed by atoms with E-state index in [9.17, 15) is 14.7 Å². The molecule has 43 heavy (non-hydrogen) atoms. The van der Waals surface area contributed by atoms with Gasteiger partial charge in [0.15, 0.2) is 10.1 Å². The normalized spacial score (nSPS) is 16.4. The maximum Gasteiger partial charge on any atom is 0.301 e. The van der Waals surface area contributed by atoms with Gasteiger partial charge in [0, 0.05) is 11.9 Å². The number of rotatable bonds is 8. The fraction of sp³-hybridized carbons (Fsp3) is 0.219. The van der Waals surface area contributed by atoms with Crippen molar-refractivity contribution in [2.24, 2.45) is 0 Å². The van der Waals surface area contributed by atoms with Gasteiger partial charge in [0.1, 0.15) is 17.1 Å². The summed E-state index contributed by atoms with van der Waals surface area (Å²) in [4.78, 5) is 33.3. The number of hydrogen-bond acceptors (Lipinski definition) is 9. The molecule has 1 saturated heterocycles. The van der Waals surface area contributed by atoms with Crippen molar-refractivity contribution in [1.82, 2.24) is 19.6 Å². The first-order valence-corrected chi connectivity index (χ1v) is 15.6. The molecule has 0 spiro atoms. The number of aliphatic hydroxyl groups excluding tert-OH is 1. The number of hydrogen-bond donors (Lipinski definition) is 1. The Labute approximate surface area is 256 Å². The van der Waals surface area contributed by atoms with Crippen LogP contribution in [0.15, 0.2) is 76.8 Å². The van der Waals surface area contributed by atoms with Crippen LogP contribution < -0.4 is 9.64 Å². The van der Waals surface area contributed by atoms with E-state index in [2.05, 4.69) is 39.4 Å². The van der Waals surface area contributed by atoms with Crippen LogP contribution in [0.1, 0.15) is 46.6 Å². The Balaban J connectivity index is 1.43. The highest BCUT2D eigenvalue weighted by Gasteiger charge is 2.49. The van der Waals surface area contributed by atoms with Gasteiger partial charge in [-0.2, -0.15) is 0 Å². The molecule has 218 valence electrons. The van der Waals surface area contributed by atoms with Gasteiger partial charge < -0.3 is 14.2 Å². The number of ether oxygens (including phenoxy) is 1. The number of imidazole rings is 1. The first-order valence-electron chi connectivity index (χ1n) is 13.8. The number of carbonyl (C=O) groups excluding carboxylic acids is 2. The number of aryl methyl sites for hydroxylation is 3. The second-order valence-corrected chi connectivity index (χ2v) is 12.4. The summed E-state index contributed by atoms with van der Waals surface area (Å²) in [6.45, 7) is 8.18. The summed E-state index contributed by atoms with van der Waals surface area (Å²) < 4.78 is 8.13. The Morgan fingerprint density at radius 2 is 1.77 bits per heavy atom. The summed E-state index contributed by atoms with van der Waals surface area (Å²) in [6, 6.07) is 18.3. The lowest BCUT2D eigenvalue weighted by Gasteiger charge is -2.22. The average Bonchev–Trinajstić information content (AvgIpc) is 3.68. The van der Waals surface area contributed by atoms with Crippen molar-refractivity contribution in [3.05, 3.63) is 106 Å². The maximum atomic E-state index is 13.7. The van der Waals surface area contributed by atoms with E-state index in [0.29, 0.717) is 39.4 Å². The number of ketones is 1. The molecular weight excluding hydrogens is 583 g/mol. The maximum absolute atomic E-state index is 13.7. The van der Waals surface area contributed by atoms with E-state index in [0.717, 1.165) is 11.1 Å². The highest BCUT2D eigenvalue weighted by molar-refractivity contribution is 8.00. The molecule has 0 aliphatic carbocycles. The third-order valence-electron chi connectivity index (χ3n) is 7.34. The van der Waals surface area contributed by atoms with Gasteiger partial charge in [0.2, 0.25) is 5.13 Å². The van der Waals surface area contributed by atoms with E-state index in [1.165, 1.54) is 33.6 Å². The Morgan fingerprint density at radius 3 is 2.47 bits per heavy atom. The van der Waals surface area contributed by atoms with E-state index in [1.54, 1.807) is 24.3 Å². The summed E-state index contributed by atoms with van der Waals surface area (Å²) in [5, 5.41) is 20.6. The molecule has 1 aliphatic heterocycles. The van der Waals surface area contributed by atoms with Crippen LogP contribution in [0.4, 0.5) is 5.13 Å². The number of anilines is 1. The van der Waals surface area contributed by atoms with Gasteiger partial charge in [-0.3, -0.25) is 14.5 Å². The third-order valence-corrected chi connectivity index (χ3v) is 9.47. The fourth-order valence-corrected chi connectivity index (χ4v) is 6.94. The molecule has 9 nitrogen and oxygen atoms in total. The van der Waals surface area contributed by atoms with Crippen LogP contribution >= 0.6 is 23.1 Å². The Morgan fingerprint density at radius 1 is 1.02 bits per heavy atom. The fourth-order valence-electron chi connectivity index (χ4n) is 5.12. The first kappa shape index (κ1) is 28.6. The zero-order chi connectivity index (χ0) is 30.2. The lowest BCUT2D eigenvalue weighted by atomic mass is 9.96. The van der Waals surface area contributed by atoms with Crippen molar-refractivity contribution in [2.45, 2.75) is 43.8 Å². The molecule has 11 heteroatoms. The van der Waals surface area contributed by atoms with Gasteiger partial charge in [-0.15, -0.1) is 10.2 Å². The molecule has 1 aliphatic rings. The molecule has 6 rings (SSSR count). The van der Waals surface area contributed by atoms with E-state index in [-0.39, 0.29) is 22.2 Å². The van der Waals surface area contributed by atoms with E-state index < -0.39 is 17.7 Å². The number of pyridine rings is 1. The molecule has 1 fully saturated rings. The Bertz CT molecular complexity index is 1880. The van der Waals surface area contributed by atoms with Crippen LogP contribution in [-0.2, 0) is 15.3 Å². The molecule has 0 radical (unpaired) electrons. The van der Waals surface area contributed by atoms with E-state index in [4.69, 9.17) is 4.74 Å². The molecule has 0 saturated carbocycles. The number of Topliss-reactive ketones (excluding diaryl/α,β-unsaturated/α-hetero) is 1. The number of thioether (sulfide) groups is 1. The Hall–Kier alpha value is -4.48. The van der Waals surface area contributed by atoms with Crippen LogP contribution in [0, 0.1) is 20.8 Å². The molecular formula is C32H29N5O4S2. The molecule has 5 aromatic rings. The first-order chi connectivity index (χ1) is 20.8. The van der Waals surface area contributed by atoms with Crippen LogP contribution in [0.3, 0.4) is 0 Å². The smallest absolute Gasteiger partial charge is 0.301 e. The zero-order valence-electron chi connectivity index (χ0n) is 24.1. The molecule has 3 aromatic heterocycles. The number of aromatic nitrogens is 4. The SMILES string of the molecule is CCOc1ccc(C2C(=C(O)c3nc4c(C)cccn4c3C)C(=O)C(=O)N2c2nnc(SCc3ccc(C)cc3)s2)cc1. The van der Waals surface area contributed by atoms with Crippen molar-refractivity contribution < 1.29 is 19.4 Å². The molecule has 1 amide bonds. The number of carbonyl (C=O) groups is 2. The van der Waals surface area contributed by atoms with Gasteiger partial charge in [-0.05, 0) is 62.6 Å². The summed E-state index contributed by atoms with van der Waals surface area (Å²) in [6.07, 6.45) is 1.85. The summed E-state index contributed by atoms with van der Waals surface area (Å²) in [5.41, 5.74) is 5.36. The van der Waals surface area contributed by atoms with Gasteiger partial charge in [-0.25, -0.2) is 4.98 Å². The van der Waals surface area contributed by atoms with Crippen LogP contribution in [-0.4, -0.2) is 43.0 Å². The lowest BCUT2D eigenvalue weighted by Crippen LogP contribution is -2.29. The lowest BCUT2D eigenvalue weighted by molar-refractivity contribution is -0.132. The van der Waals surface area contributed by atoms with Crippen molar-refractivity contribution in [2.75, 3.05) is 11.5 Å². The van der Waals surface area contributed by atoms with Gasteiger partial charge in [0.25, 0.3) is 5.78 Å². The monoisotopic (exact) mass is 611 g/mol. The number of aliphatic hydroxyl groups is 1. The number of fused-ring (bicyclic) bond motifs is 1. The molecule has 4 heterocycles. The van der Waals surface area contributed by atoms with E-state index in [1.807, 2.05) is 50.4 Å². The van der Waals surface area contributed by atoms with Crippen LogP contribution in [0.2, 0.25) is 0 Å². The second kappa shape index (κ2) is 11.7. The summed E-state index contributed by atoms with van der Waals surface area (Å²) in [5.74, 6) is -0.597. The number of nitrogens with zero attached hydrogens (tertiary/aromatic N) is 5. The predicted molar refractivity (Wildman–Crippen MR) is 168 cm³/mol. The minimum atomic E-state index is -0.941. The van der Waals surface area contributed by atoms with Gasteiger partial charge in [0.05, 0.1) is 23.9 Å². The van der Waals surface area contributed by atoms with Crippen molar-refractivity contribution >= 4 is 51.3 Å². The molecule has 1 atom stereocenters. The van der Waals surface area contributed by atoms with Crippen molar-refractivity contribution in [3.63, 3.8) is 0 Å². The van der Waals surface area contributed by atoms with Crippen molar-refractivity contribution in [3.8, 4) is 5.75 Å². The Kier molecular flexibility index (Phi) is 7.76. The number of benzene rings is 2. The predicted octanol–water partition coefficient (Wildman–Crippen LogP) is 6.43. The van der Waals surface area contributed by atoms with Gasteiger partial charge in [-0.1, -0.05) is 71.1 Å². The molecule has 0 bridgehead atoms.